The van der Waals surface area contributed by atoms with E-state index in [0.717, 1.165) is 11.3 Å². The second-order valence-electron chi connectivity index (χ2n) is 6.59. The zero-order valence-corrected chi connectivity index (χ0v) is 16.9. The number of aromatic hydroxyl groups is 1. The molecule has 0 spiro atoms. The van der Waals surface area contributed by atoms with Crippen LogP contribution in [0.15, 0.2) is 47.0 Å². The van der Waals surface area contributed by atoms with Crippen LogP contribution < -0.4 is 20.0 Å². The number of hydrogen-bond donors (Lipinski definition) is 1. The minimum Gasteiger partial charge on any atom is -0.493 e. The number of benzene rings is 2. The van der Waals surface area contributed by atoms with Crippen molar-refractivity contribution in [3.63, 3.8) is 0 Å². The zero-order valence-electron chi connectivity index (χ0n) is 15.3. The lowest BCUT2D eigenvalue weighted by molar-refractivity contribution is -0.114. The van der Waals surface area contributed by atoms with Crippen LogP contribution in [0, 0.1) is 9.77 Å². The van der Waals surface area contributed by atoms with Crippen LogP contribution in [0.1, 0.15) is 4.88 Å². The SMILES string of the molecule is O=C1N=c2cc3c(cc2=C/C1=C\c1sc(=S)n(-c2cccc(F)c2)c1O)OCCO3. The Kier molecular flexibility index (Phi) is 4.48. The van der Waals surface area contributed by atoms with E-state index in [4.69, 9.17) is 21.7 Å². The van der Waals surface area contributed by atoms with Crippen LogP contribution in [0.2, 0.25) is 0 Å². The molecule has 9 heteroatoms. The molecule has 30 heavy (non-hydrogen) atoms. The molecule has 0 saturated carbocycles. The van der Waals surface area contributed by atoms with Gasteiger partial charge in [0.05, 0.1) is 15.9 Å². The molecule has 0 aliphatic carbocycles. The number of aromatic nitrogens is 1. The monoisotopic (exact) mass is 440 g/mol. The Morgan fingerprint density at radius 2 is 1.97 bits per heavy atom. The molecule has 2 aliphatic rings. The molecule has 1 amide bonds. The molecule has 0 unspecified atom stereocenters. The minimum atomic E-state index is -0.449. The summed E-state index contributed by atoms with van der Waals surface area (Å²) < 4.78 is 26.4. The predicted octanol–water partition coefficient (Wildman–Crippen LogP) is 2.91. The van der Waals surface area contributed by atoms with Gasteiger partial charge in [-0.3, -0.25) is 9.36 Å². The van der Waals surface area contributed by atoms with Gasteiger partial charge in [0.2, 0.25) is 5.88 Å². The van der Waals surface area contributed by atoms with E-state index in [-0.39, 0.29) is 11.5 Å². The first-order valence-electron chi connectivity index (χ1n) is 8.96. The number of amides is 1. The van der Waals surface area contributed by atoms with Crippen molar-refractivity contribution in [2.75, 3.05) is 13.2 Å². The van der Waals surface area contributed by atoms with Crippen LogP contribution in [0.25, 0.3) is 17.8 Å². The summed E-state index contributed by atoms with van der Waals surface area (Å²) in [5.41, 5.74) is 0.688. The van der Waals surface area contributed by atoms with Crippen LogP contribution in [-0.2, 0) is 4.79 Å². The zero-order chi connectivity index (χ0) is 20.8. The third kappa shape index (κ3) is 3.21. The first-order chi connectivity index (χ1) is 14.5. The lowest BCUT2D eigenvalue weighted by Crippen LogP contribution is -2.32. The highest BCUT2D eigenvalue weighted by atomic mass is 32.1. The topological polar surface area (TPSA) is 73.1 Å². The molecule has 3 heterocycles. The molecule has 0 fully saturated rings. The molecule has 6 nitrogen and oxygen atoms in total. The van der Waals surface area contributed by atoms with E-state index in [1.165, 1.54) is 28.8 Å². The summed E-state index contributed by atoms with van der Waals surface area (Å²) in [5, 5.41) is 11.9. The highest BCUT2D eigenvalue weighted by Gasteiger charge is 2.18. The van der Waals surface area contributed by atoms with Crippen LogP contribution >= 0.6 is 23.6 Å². The summed E-state index contributed by atoms with van der Waals surface area (Å²) in [5.74, 6) is 0.0872. The predicted molar refractivity (Wildman–Crippen MR) is 112 cm³/mol. The quantitative estimate of drug-likeness (QED) is 0.490. The molecule has 0 radical (unpaired) electrons. The highest BCUT2D eigenvalue weighted by molar-refractivity contribution is 7.73. The Bertz CT molecular complexity index is 1420. The molecular formula is C21H13FN2O4S2. The van der Waals surface area contributed by atoms with E-state index in [0.29, 0.717) is 49.8 Å². The third-order valence-corrected chi connectivity index (χ3v) is 5.95. The fourth-order valence-electron chi connectivity index (χ4n) is 3.27. The summed E-state index contributed by atoms with van der Waals surface area (Å²) in [4.78, 5) is 17.1. The second kappa shape index (κ2) is 7.19. The Morgan fingerprint density at radius 3 is 2.73 bits per heavy atom. The molecule has 0 atom stereocenters. The van der Waals surface area contributed by atoms with Crippen molar-refractivity contribution in [2.45, 2.75) is 0 Å². The summed E-state index contributed by atoms with van der Waals surface area (Å²) in [6.45, 7) is 0.899. The Balaban J connectivity index is 1.61. The van der Waals surface area contributed by atoms with Gasteiger partial charge in [0, 0.05) is 16.9 Å². The third-order valence-electron chi connectivity index (χ3n) is 4.64. The van der Waals surface area contributed by atoms with Crippen molar-refractivity contribution in [2.24, 2.45) is 4.99 Å². The van der Waals surface area contributed by atoms with Crippen LogP contribution in [0.3, 0.4) is 0 Å². The number of carbonyl (C=O) groups excluding carboxylic acids is 1. The molecule has 1 N–H and O–H groups in total. The van der Waals surface area contributed by atoms with Crippen LogP contribution in [0.5, 0.6) is 17.4 Å². The summed E-state index contributed by atoms with van der Waals surface area (Å²) >= 11 is 6.45. The Hall–Kier alpha value is -3.30. The molecule has 150 valence electrons. The van der Waals surface area contributed by atoms with Gasteiger partial charge in [0.1, 0.15) is 19.0 Å². The van der Waals surface area contributed by atoms with Gasteiger partial charge >= 0.3 is 0 Å². The van der Waals surface area contributed by atoms with Crippen molar-refractivity contribution < 1.29 is 23.8 Å². The summed E-state index contributed by atoms with van der Waals surface area (Å²) in [6.07, 6.45) is 3.20. The molecule has 1 aromatic heterocycles. The van der Waals surface area contributed by atoms with E-state index < -0.39 is 11.7 Å². The molecule has 2 aromatic carbocycles. The largest absolute Gasteiger partial charge is 0.493 e. The second-order valence-corrected chi connectivity index (χ2v) is 8.26. The first kappa shape index (κ1) is 18.7. The summed E-state index contributed by atoms with van der Waals surface area (Å²) in [6, 6.07) is 9.19. The fraction of sp³-hybridized carbons (Fsp3) is 0.0952. The van der Waals surface area contributed by atoms with Gasteiger partial charge in [-0.05, 0) is 48.6 Å². The van der Waals surface area contributed by atoms with Crippen molar-refractivity contribution in [1.82, 2.24) is 4.57 Å². The summed E-state index contributed by atoms with van der Waals surface area (Å²) in [7, 11) is 0. The molecule has 5 rings (SSSR count). The average molecular weight is 440 g/mol. The number of halogens is 1. The van der Waals surface area contributed by atoms with Crippen molar-refractivity contribution in [3.8, 4) is 23.1 Å². The number of thiazole rings is 1. The van der Waals surface area contributed by atoms with Gasteiger partial charge in [-0.2, -0.15) is 0 Å². The van der Waals surface area contributed by atoms with Crippen molar-refractivity contribution in [1.29, 1.82) is 0 Å². The number of carbonyl (C=O) groups is 1. The number of rotatable bonds is 2. The highest BCUT2D eigenvalue weighted by Crippen LogP contribution is 2.32. The van der Waals surface area contributed by atoms with Crippen molar-refractivity contribution in [3.05, 3.63) is 67.2 Å². The normalized spacial score (nSPS) is 16.0. The van der Waals surface area contributed by atoms with Crippen LogP contribution in [0.4, 0.5) is 4.39 Å². The van der Waals surface area contributed by atoms with Gasteiger partial charge in [-0.25, -0.2) is 9.38 Å². The van der Waals surface area contributed by atoms with E-state index in [9.17, 15) is 14.3 Å². The van der Waals surface area contributed by atoms with E-state index in [1.807, 2.05) is 0 Å². The first-order valence-corrected chi connectivity index (χ1v) is 10.2. The number of ether oxygens (including phenoxy) is 2. The Morgan fingerprint density at radius 1 is 1.20 bits per heavy atom. The van der Waals surface area contributed by atoms with Gasteiger partial charge in [0.25, 0.3) is 5.91 Å². The van der Waals surface area contributed by atoms with Crippen molar-refractivity contribution >= 4 is 41.6 Å². The molecule has 0 bridgehead atoms. The number of nitrogens with zero attached hydrogens (tertiary/aromatic N) is 2. The number of hydrogen-bond acceptors (Lipinski definition) is 6. The average Bonchev–Trinajstić information content (AvgIpc) is 3.00. The van der Waals surface area contributed by atoms with Gasteiger partial charge in [-0.1, -0.05) is 6.07 Å². The maximum Gasteiger partial charge on any atom is 0.277 e. The standard InChI is InChI=1S/C21H13FN2O4S2/c22-13-2-1-3-14(9-13)24-20(26)18(30-21(24)29)8-12-6-11-7-16-17(28-5-4-27-16)10-15(11)23-19(12)25/h1-3,6-10,26H,4-5H2/b12-8+. The fourth-order valence-corrected chi connectivity index (χ4v) is 4.57. The smallest absolute Gasteiger partial charge is 0.277 e. The van der Waals surface area contributed by atoms with E-state index in [2.05, 4.69) is 4.99 Å². The maximum absolute atomic E-state index is 13.6. The van der Waals surface area contributed by atoms with Gasteiger partial charge in [-0.15, -0.1) is 11.3 Å². The minimum absolute atomic E-state index is 0.169. The molecule has 3 aromatic rings. The maximum atomic E-state index is 13.6. The van der Waals surface area contributed by atoms with E-state index in [1.54, 1.807) is 24.3 Å². The van der Waals surface area contributed by atoms with Crippen LogP contribution in [-0.4, -0.2) is 28.8 Å². The van der Waals surface area contributed by atoms with E-state index >= 15 is 0 Å². The lowest BCUT2D eigenvalue weighted by Gasteiger charge is -2.18. The molecule has 2 aliphatic heterocycles. The lowest BCUT2D eigenvalue weighted by atomic mass is 10.1. The molecule has 0 saturated heterocycles. The van der Waals surface area contributed by atoms with Gasteiger partial charge in [0.15, 0.2) is 15.5 Å². The van der Waals surface area contributed by atoms with Gasteiger partial charge < -0.3 is 14.6 Å². The number of fused-ring (bicyclic) bond motifs is 2. The Labute approximate surface area is 178 Å². The molecular weight excluding hydrogens is 427 g/mol.